The zero-order valence-corrected chi connectivity index (χ0v) is 21.1. The van der Waals surface area contributed by atoms with Crippen LogP contribution in [0.4, 0.5) is 4.79 Å². The van der Waals surface area contributed by atoms with Crippen LogP contribution in [0.3, 0.4) is 0 Å². The van der Waals surface area contributed by atoms with Gasteiger partial charge in [0.2, 0.25) is 5.91 Å². The molecule has 0 aliphatic rings. The Labute approximate surface area is 211 Å². The first-order chi connectivity index (χ1) is 16.3. The van der Waals surface area contributed by atoms with Crippen molar-refractivity contribution in [3.05, 3.63) is 69.3 Å². The van der Waals surface area contributed by atoms with E-state index < -0.39 is 36.0 Å². The summed E-state index contributed by atoms with van der Waals surface area (Å²) in [5.41, 5.74) is 1.62. The molecule has 0 unspecified atom stereocenters. The zero-order chi connectivity index (χ0) is 24.9. The molecule has 2 N–H and O–H groups in total. The average molecular weight is 582 g/mol. The number of hydrogen-bond acceptors (Lipinski definition) is 7. The van der Waals surface area contributed by atoms with Gasteiger partial charge >= 0.3 is 18.0 Å². The second-order valence-corrected chi connectivity index (χ2v) is 8.42. The third-order valence-corrected chi connectivity index (χ3v) is 5.92. The quantitative estimate of drug-likeness (QED) is 0.238. The van der Waals surface area contributed by atoms with Crippen LogP contribution in [0.5, 0.6) is 0 Å². The van der Waals surface area contributed by atoms with E-state index in [2.05, 4.69) is 38.0 Å². The second-order valence-electron chi connectivity index (χ2n) is 7.25. The molecule has 2 aromatic carbocycles. The number of nitrogens with one attached hydrogen (secondary N) is 2. The van der Waals surface area contributed by atoms with Crippen LogP contribution in [0.25, 0.3) is 0 Å². The van der Waals surface area contributed by atoms with Gasteiger partial charge in [0.15, 0.2) is 0 Å². The number of amides is 2. The van der Waals surface area contributed by atoms with Crippen LogP contribution in [0, 0.1) is 3.57 Å². The summed E-state index contributed by atoms with van der Waals surface area (Å²) in [5.74, 6) is -1.83. The smallest absolute Gasteiger partial charge is 0.408 e. The average Bonchev–Trinajstić information content (AvgIpc) is 2.85. The van der Waals surface area contributed by atoms with Gasteiger partial charge in [0.25, 0.3) is 0 Å². The molecule has 0 bridgehead atoms. The summed E-state index contributed by atoms with van der Waals surface area (Å²) < 4.78 is 15.6. The molecule has 10 heteroatoms. The predicted octanol–water partition coefficient (Wildman–Crippen LogP) is 2.74. The maximum absolute atomic E-state index is 13.0. The second kappa shape index (κ2) is 14.2. The Hall–Kier alpha value is -3.15. The first kappa shape index (κ1) is 27.1. The third kappa shape index (κ3) is 9.00. The normalized spacial score (nSPS) is 12.1. The molecule has 0 radical (unpaired) electrons. The summed E-state index contributed by atoms with van der Waals surface area (Å²) in [6.07, 6.45) is -0.802. The minimum atomic E-state index is -1.13. The Morgan fingerprint density at radius 1 is 0.882 bits per heavy atom. The van der Waals surface area contributed by atoms with Gasteiger partial charge in [0, 0.05) is 16.4 Å². The van der Waals surface area contributed by atoms with Gasteiger partial charge in [-0.3, -0.25) is 9.59 Å². The van der Waals surface area contributed by atoms with E-state index in [-0.39, 0.29) is 25.9 Å². The SMILES string of the molecule is COC(=O)CC[C@H](NC(=O)OCc1ccccc1)C(=O)N[C@@H](Cc1ccccc1I)C(=O)OC. The van der Waals surface area contributed by atoms with Gasteiger partial charge < -0.3 is 24.8 Å². The van der Waals surface area contributed by atoms with Gasteiger partial charge in [-0.05, 0) is 46.2 Å². The maximum Gasteiger partial charge on any atom is 0.408 e. The molecular formula is C24H27IN2O7. The van der Waals surface area contributed by atoms with Gasteiger partial charge in [-0.25, -0.2) is 9.59 Å². The molecule has 0 spiro atoms. The lowest BCUT2D eigenvalue weighted by atomic mass is 10.0. The van der Waals surface area contributed by atoms with Crippen LogP contribution in [0.2, 0.25) is 0 Å². The number of alkyl carbamates (subject to hydrolysis) is 1. The van der Waals surface area contributed by atoms with Crippen molar-refractivity contribution in [3.8, 4) is 0 Å². The summed E-state index contributed by atoms with van der Waals surface area (Å²) >= 11 is 2.14. The summed E-state index contributed by atoms with van der Waals surface area (Å²) in [6.45, 7) is 0.00917. The highest BCUT2D eigenvalue weighted by Crippen LogP contribution is 2.14. The Morgan fingerprint density at radius 3 is 2.21 bits per heavy atom. The number of ether oxygens (including phenoxy) is 3. The van der Waals surface area contributed by atoms with Gasteiger partial charge in [-0.2, -0.15) is 0 Å². The molecule has 2 amide bonds. The number of benzene rings is 2. The van der Waals surface area contributed by atoms with Crippen LogP contribution in [-0.2, 0) is 41.6 Å². The summed E-state index contributed by atoms with van der Waals surface area (Å²) in [6, 6.07) is 14.3. The van der Waals surface area contributed by atoms with Crippen molar-refractivity contribution in [2.24, 2.45) is 0 Å². The number of carbonyl (C=O) groups excluding carboxylic acids is 4. The summed E-state index contributed by atoms with van der Waals surface area (Å²) in [4.78, 5) is 49.3. The fourth-order valence-corrected chi connectivity index (χ4v) is 3.64. The molecule has 2 rings (SSSR count). The fourth-order valence-electron chi connectivity index (χ4n) is 3.03. The molecule has 2 aromatic rings. The number of methoxy groups -OCH3 is 2. The van der Waals surface area contributed by atoms with Crippen molar-refractivity contribution in [2.45, 2.75) is 38.0 Å². The van der Waals surface area contributed by atoms with Crippen LogP contribution in [-0.4, -0.2) is 50.2 Å². The molecule has 0 saturated carbocycles. The lowest BCUT2D eigenvalue weighted by Crippen LogP contribution is -2.52. The van der Waals surface area contributed by atoms with E-state index in [1.165, 1.54) is 14.2 Å². The van der Waals surface area contributed by atoms with Gasteiger partial charge in [0.05, 0.1) is 14.2 Å². The van der Waals surface area contributed by atoms with E-state index in [0.29, 0.717) is 0 Å². The van der Waals surface area contributed by atoms with E-state index in [1.54, 1.807) is 12.1 Å². The van der Waals surface area contributed by atoms with Gasteiger partial charge in [-0.1, -0.05) is 48.5 Å². The summed E-state index contributed by atoms with van der Waals surface area (Å²) in [5, 5.41) is 5.09. The zero-order valence-electron chi connectivity index (χ0n) is 18.9. The Morgan fingerprint density at radius 2 is 1.56 bits per heavy atom. The third-order valence-electron chi connectivity index (χ3n) is 4.87. The molecule has 0 aliphatic heterocycles. The highest BCUT2D eigenvalue weighted by atomic mass is 127. The number of halogens is 1. The molecule has 2 atom stereocenters. The first-order valence-corrected chi connectivity index (χ1v) is 11.6. The van der Waals surface area contributed by atoms with Gasteiger partial charge in [-0.15, -0.1) is 0 Å². The molecule has 0 aliphatic carbocycles. The van der Waals surface area contributed by atoms with Crippen molar-refractivity contribution in [1.29, 1.82) is 0 Å². The largest absolute Gasteiger partial charge is 0.469 e. The van der Waals surface area contributed by atoms with E-state index in [4.69, 9.17) is 9.47 Å². The highest BCUT2D eigenvalue weighted by Gasteiger charge is 2.29. The summed E-state index contributed by atoms with van der Waals surface area (Å²) in [7, 11) is 2.46. The number of carbonyl (C=O) groups is 4. The number of hydrogen-bond donors (Lipinski definition) is 2. The standard InChI is InChI=1S/C24H27IN2O7/c1-32-21(28)13-12-19(27-24(31)34-15-16-8-4-3-5-9-16)22(29)26-20(23(30)33-2)14-17-10-6-7-11-18(17)25/h3-11,19-20H,12-15H2,1-2H3,(H,26,29)(H,27,31)/t19-,20-/m0/s1. The van der Waals surface area contributed by atoms with Crippen molar-refractivity contribution in [1.82, 2.24) is 10.6 Å². The van der Waals surface area contributed by atoms with Crippen LogP contribution < -0.4 is 10.6 Å². The van der Waals surface area contributed by atoms with E-state index in [1.807, 2.05) is 42.5 Å². The maximum atomic E-state index is 13.0. The molecular weight excluding hydrogens is 555 g/mol. The van der Waals surface area contributed by atoms with E-state index in [0.717, 1.165) is 14.7 Å². The molecule has 0 saturated heterocycles. The Kier molecular flexibility index (Phi) is 11.3. The predicted molar refractivity (Wildman–Crippen MR) is 132 cm³/mol. The van der Waals surface area contributed by atoms with Crippen LogP contribution in [0.1, 0.15) is 24.0 Å². The molecule has 0 heterocycles. The fraction of sp³-hybridized carbons (Fsp3) is 0.333. The Bertz CT molecular complexity index is 984. The monoisotopic (exact) mass is 582 g/mol. The van der Waals surface area contributed by atoms with Crippen LogP contribution >= 0.6 is 22.6 Å². The van der Waals surface area contributed by atoms with Crippen molar-refractivity contribution in [3.63, 3.8) is 0 Å². The topological polar surface area (TPSA) is 120 Å². The van der Waals surface area contributed by atoms with Crippen LogP contribution in [0.15, 0.2) is 54.6 Å². The molecule has 34 heavy (non-hydrogen) atoms. The first-order valence-electron chi connectivity index (χ1n) is 10.5. The molecule has 0 fully saturated rings. The van der Waals surface area contributed by atoms with Crippen molar-refractivity contribution >= 4 is 46.5 Å². The number of esters is 2. The molecule has 0 aromatic heterocycles. The van der Waals surface area contributed by atoms with E-state index >= 15 is 0 Å². The minimum absolute atomic E-state index is 0.00917. The molecule has 182 valence electrons. The number of rotatable bonds is 11. The Balaban J connectivity index is 2.09. The molecule has 9 nitrogen and oxygen atoms in total. The highest BCUT2D eigenvalue weighted by molar-refractivity contribution is 14.1. The van der Waals surface area contributed by atoms with Crippen molar-refractivity contribution in [2.75, 3.05) is 14.2 Å². The van der Waals surface area contributed by atoms with Gasteiger partial charge in [0.1, 0.15) is 18.7 Å². The van der Waals surface area contributed by atoms with E-state index in [9.17, 15) is 19.2 Å². The lowest BCUT2D eigenvalue weighted by Gasteiger charge is -2.22. The van der Waals surface area contributed by atoms with Crippen molar-refractivity contribution < 1.29 is 33.4 Å². The minimum Gasteiger partial charge on any atom is -0.469 e. The lowest BCUT2D eigenvalue weighted by molar-refractivity contribution is -0.145.